The van der Waals surface area contributed by atoms with E-state index < -0.39 is 22.0 Å². The van der Waals surface area contributed by atoms with E-state index in [4.69, 9.17) is 9.15 Å². The minimum absolute atomic E-state index is 0.0279. The van der Waals surface area contributed by atoms with Crippen molar-refractivity contribution in [1.29, 1.82) is 0 Å². The first-order chi connectivity index (χ1) is 16.9. The summed E-state index contributed by atoms with van der Waals surface area (Å²) >= 11 is 0.777. The van der Waals surface area contributed by atoms with Crippen LogP contribution in [0.4, 0.5) is 10.5 Å². The van der Waals surface area contributed by atoms with Gasteiger partial charge in [-0.1, -0.05) is 30.3 Å². The number of amides is 2. The molecule has 0 spiro atoms. The summed E-state index contributed by atoms with van der Waals surface area (Å²) in [5.74, 6) is -0.495. The number of thioether (sulfide) groups is 1. The Morgan fingerprint density at radius 1 is 1.14 bits per heavy atom. The Labute approximate surface area is 203 Å². The quantitative estimate of drug-likeness (QED) is 0.188. The van der Waals surface area contributed by atoms with Gasteiger partial charge >= 0.3 is 5.97 Å². The van der Waals surface area contributed by atoms with Gasteiger partial charge in [0, 0.05) is 17.7 Å². The number of hydrogen-bond acceptors (Lipinski definition) is 9. The van der Waals surface area contributed by atoms with E-state index in [1.165, 1.54) is 31.4 Å². The number of benzene rings is 2. The molecule has 0 saturated carbocycles. The van der Waals surface area contributed by atoms with E-state index in [1.807, 2.05) is 0 Å². The molecule has 3 aromatic rings. The number of nitrogens with zero attached hydrogens (tertiary/aromatic N) is 2. The van der Waals surface area contributed by atoms with E-state index in [2.05, 4.69) is 4.74 Å². The number of methoxy groups -OCH3 is 1. The number of para-hydroxylation sites is 1. The van der Waals surface area contributed by atoms with Gasteiger partial charge in [-0.2, -0.15) is 0 Å². The summed E-state index contributed by atoms with van der Waals surface area (Å²) in [6, 6.07) is 15.9. The van der Waals surface area contributed by atoms with E-state index in [0.29, 0.717) is 16.9 Å². The van der Waals surface area contributed by atoms with Crippen LogP contribution in [-0.2, 0) is 22.7 Å². The van der Waals surface area contributed by atoms with Crippen LogP contribution in [0.1, 0.15) is 27.4 Å². The molecule has 2 amide bonds. The summed E-state index contributed by atoms with van der Waals surface area (Å²) in [6.07, 6.45) is 1.55. The fourth-order valence-corrected chi connectivity index (χ4v) is 4.09. The van der Waals surface area contributed by atoms with Crippen molar-refractivity contribution >= 4 is 40.6 Å². The molecule has 2 heterocycles. The highest BCUT2D eigenvalue weighted by molar-refractivity contribution is 8.18. The van der Waals surface area contributed by atoms with Crippen molar-refractivity contribution in [1.82, 2.24) is 4.90 Å². The van der Waals surface area contributed by atoms with E-state index in [0.717, 1.165) is 16.7 Å². The Bertz CT molecular complexity index is 1350. The van der Waals surface area contributed by atoms with Gasteiger partial charge in [0.15, 0.2) is 0 Å². The van der Waals surface area contributed by atoms with Crippen molar-refractivity contribution in [2.45, 2.75) is 13.2 Å². The maximum atomic E-state index is 12.9. The molecular formula is C24H18N2O8S. The van der Waals surface area contributed by atoms with Gasteiger partial charge in [0.25, 0.3) is 16.8 Å². The van der Waals surface area contributed by atoms with Gasteiger partial charge in [-0.3, -0.25) is 24.6 Å². The zero-order chi connectivity index (χ0) is 24.9. The Morgan fingerprint density at radius 2 is 1.94 bits per heavy atom. The largest absolute Gasteiger partial charge is 0.488 e. The third kappa shape index (κ3) is 5.41. The van der Waals surface area contributed by atoms with Crippen LogP contribution in [0.3, 0.4) is 0 Å². The molecule has 4 rings (SSSR count). The fourth-order valence-electron chi connectivity index (χ4n) is 3.26. The molecule has 0 atom stereocenters. The van der Waals surface area contributed by atoms with Crippen LogP contribution in [0, 0.1) is 10.1 Å². The van der Waals surface area contributed by atoms with Gasteiger partial charge in [0.05, 0.1) is 23.5 Å². The molecule has 0 bridgehead atoms. The standard InChI is InChI=1S/C24H18N2O8S/c1-32-23(28)20-10-9-18(34-20)13-25-22(27)21(35-24(25)29)12-16-6-2-3-8-19(16)33-14-15-5-4-7-17(11-15)26(30)31/h2-12H,13-14H2,1H3. The number of non-ortho nitro benzene ring substituents is 1. The lowest BCUT2D eigenvalue weighted by molar-refractivity contribution is -0.384. The predicted molar refractivity (Wildman–Crippen MR) is 125 cm³/mol. The maximum absolute atomic E-state index is 12.9. The molecule has 1 fully saturated rings. The van der Waals surface area contributed by atoms with Gasteiger partial charge in [0.2, 0.25) is 5.76 Å². The Balaban J connectivity index is 1.49. The lowest BCUT2D eigenvalue weighted by Gasteiger charge is -2.11. The van der Waals surface area contributed by atoms with Gasteiger partial charge < -0.3 is 13.9 Å². The third-order valence-electron chi connectivity index (χ3n) is 4.96. The minimum Gasteiger partial charge on any atom is -0.488 e. The van der Waals surface area contributed by atoms with Crippen molar-refractivity contribution in [3.63, 3.8) is 0 Å². The molecule has 35 heavy (non-hydrogen) atoms. The van der Waals surface area contributed by atoms with Crippen molar-refractivity contribution in [3.8, 4) is 5.75 Å². The lowest BCUT2D eigenvalue weighted by atomic mass is 10.1. The number of carbonyl (C=O) groups excluding carboxylic acids is 3. The number of nitro groups is 1. The average molecular weight is 494 g/mol. The summed E-state index contributed by atoms with van der Waals surface area (Å²) in [7, 11) is 1.22. The van der Waals surface area contributed by atoms with E-state index >= 15 is 0 Å². The number of hydrogen-bond donors (Lipinski definition) is 0. The summed E-state index contributed by atoms with van der Waals surface area (Å²) < 4.78 is 15.8. The highest BCUT2D eigenvalue weighted by Crippen LogP contribution is 2.35. The van der Waals surface area contributed by atoms with Gasteiger partial charge in [0.1, 0.15) is 18.1 Å². The van der Waals surface area contributed by atoms with Crippen LogP contribution in [-0.4, -0.2) is 34.0 Å². The topological polar surface area (TPSA) is 129 Å². The Kier molecular flexibility index (Phi) is 6.97. The molecular weight excluding hydrogens is 476 g/mol. The second-order valence-corrected chi connectivity index (χ2v) is 8.27. The van der Waals surface area contributed by atoms with Crippen molar-refractivity contribution in [3.05, 3.63) is 98.3 Å². The molecule has 0 N–H and O–H groups in total. The van der Waals surface area contributed by atoms with Crippen molar-refractivity contribution < 1.29 is 33.2 Å². The average Bonchev–Trinajstić information content (AvgIpc) is 3.43. The summed E-state index contributed by atoms with van der Waals surface area (Å²) in [4.78, 5) is 48.6. The number of imide groups is 1. The second-order valence-electron chi connectivity index (χ2n) is 7.28. The van der Waals surface area contributed by atoms with Gasteiger partial charge in [-0.05, 0) is 41.6 Å². The third-order valence-corrected chi connectivity index (χ3v) is 5.86. The summed E-state index contributed by atoms with van der Waals surface area (Å²) in [6.45, 7) is -0.0566. The molecule has 10 nitrogen and oxygen atoms in total. The van der Waals surface area contributed by atoms with Crippen LogP contribution in [0.5, 0.6) is 5.75 Å². The van der Waals surface area contributed by atoms with E-state index in [1.54, 1.807) is 42.5 Å². The van der Waals surface area contributed by atoms with Crippen LogP contribution < -0.4 is 4.74 Å². The predicted octanol–water partition coefficient (Wildman–Crippen LogP) is 4.79. The van der Waals surface area contributed by atoms with Crippen molar-refractivity contribution in [2.75, 3.05) is 7.11 Å². The monoisotopic (exact) mass is 494 g/mol. The molecule has 2 aromatic carbocycles. The number of ether oxygens (including phenoxy) is 2. The Hall–Kier alpha value is -4.38. The molecule has 0 radical (unpaired) electrons. The molecule has 1 aromatic heterocycles. The molecule has 1 aliphatic rings. The molecule has 1 saturated heterocycles. The van der Waals surface area contributed by atoms with Crippen LogP contribution in [0.15, 0.2) is 70.0 Å². The number of furan rings is 1. The Morgan fingerprint density at radius 3 is 2.71 bits per heavy atom. The molecule has 0 aliphatic carbocycles. The van der Waals surface area contributed by atoms with Crippen molar-refractivity contribution in [2.24, 2.45) is 0 Å². The lowest BCUT2D eigenvalue weighted by Crippen LogP contribution is -2.27. The normalized spacial score (nSPS) is 14.4. The van der Waals surface area contributed by atoms with Gasteiger partial charge in [-0.25, -0.2) is 4.79 Å². The SMILES string of the molecule is COC(=O)c1ccc(CN2C(=O)SC(=Cc3ccccc3OCc3cccc([N+](=O)[O-])c3)C2=O)o1. The number of nitro benzene ring substituents is 1. The minimum atomic E-state index is -0.660. The highest BCUT2D eigenvalue weighted by Gasteiger charge is 2.36. The van der Waals surface area contributed by atoms with Crippen LogP contribution in [0.25, 0.3) is 6.08 Å². The smallest absolute Gasteiger partial charge is 0.373 e. The fraction of sp³-hybridized carbons (Fsp3) is 0.125. The van der Waals surface area contributed by atoms with E-state index in [9.17, 15) is 24.5 Å². The number of carbonyl (C=O) groups is 3. The zero-order valence-electron chi connectivity index (χ0n) is 18.3. The summed E-state index contributed by atoms with van der Waals surface area (Å²) in [5, 5.41) is 10.5. The first-order valence-corrected chi connectivity index (χ1v) is 11.0. The van der Waals surface area contributed by atoms with E-state index in [-0.39, 0.29) is 35.3 Å². The molecule has 1 aliphatic heterocycles. The number of rotatable bonds is 8. The second kappa shape index (κ2) is 10.3. The van der Waals surface area contributed by atoms with Gasteiger partial charge in [-0.15, -0.1) is 0 Å². The molecule has 0 unspecified atom stereocenters. The van der Waals surface area contributed by atoms with Crippen LogP contribution in [0.2, 0.25) is 0 Å². The molecule has 11 heteroatoms. The number of esters is 1. The highest BCUT2D eigenvalue weighted by atomic mass is 32.2. The molecule has 178 valence electrons. The zero-order valence-corrected chi connectivity index (χ0v) is 19.2. The van der Waals surface area contributed by atoms with Crippen LogP contribution >= 0.6 is 11.8 Å². The first-order valence-electron chi connectivity index (χ1n) is 10.2. The maximum Gasteiger partial charge on any atom is 0.373 e. The summed E-state index contributed by atoms with van der Waals surface area (Å²) in [5.41, 5.74) is 1.14. The first kappa shape index (κ1) is 23.8.